The van der Waals surface area contributed by atoms with Gasteiger partial charge in [-0.05, 0) is 24.7 Å². The zero-order valence-corrected chi connectivity index (χ0v) is 10.8. The monoisotopic (exact) mass is 227 g/mol. The molecule has 3 nitrogen and oxygen atoms in total. The second-order valence-corrected chi connectivity index (χ2v) is 5.39. The van der Waals surface area contributed by atoms with Crippen LogP contribution in [0, 0.1) is 5.41 Å². The van der Waals surface area contributed by atoms with Gasteiger partial charge in [-0.25, -0.2) is 0 Å². The molecule has 16 heavy (non-hydrogen) atoms. The molecular weight excluding hydrogens is 202 g/mol. The van der Waals surface area contributed by atoms with Gasteiger partial charge >= 0.3 is 5.97 Å². The van der Waals surface area contributed by atoms with Gasteiger partial charge in [0, 0.05) is 6.04 Å². The molecule has 1 atom stereocenters. The number of esters is 1. The molecule has 0 aromatic heterocycles. The molecule has 94 valence electrons. The Labute approximate surface area is 98.9 Å². The molecule has 0 aliphatic heterocycles. The Morgan fingerprint density at radius 1 is 1.50 bits per heavy atom. The van der Waals surface area contributed by atoms with Crippen molar-refractivity contribution in [2.24, 2.45) is 5.41 Å². The summed E-state index contributed by atoms with van der Waals surface area (Å²) >= 11 is 0. The minimum atomic E-state index is -0.115. The number of carbonyl (C=O) groups is 1. The van der Waals surface area contributed by atoms with E-state index in [4.69, 9.17) is 4.74 Å². The predicted octanol–water partition coefficient (Wildman–Crippen LogP) is 2.50. The van der Waals surface area contributed by atoms with Crippen LogP contribution < -0.4 is 5.32 Å². The fraction of sp³-hybridized carbons (Fsp3) is 0.923. The molecule has 1 rings (SSSR count). The third-order valence-corrected chi connectivity index (χ3v) is 3.51. The summed E-state index contributed by atoms with van der Waals surface area (Å²) < 4.78 is 5.11. The number of nitrogens with one attached hydrogen (secondary N) is 1. The van der Waals surface area contributed by atoms with Crippen molar-refractivity contribution in [1.82, 2.24) is 5.32 Å². The highest BCUT2D eigenvalue weighted by Gasteiger charge is 2.34. The third-order valence-electron chi connectivity index (χ3n) is 3.51. The Morgan fingerprint density at radius 2 is 2.25 bits per heavy atom. The highest BCUT2D eigenvalue weighted by Crippen LogP contribution is 2.36. The van der Waals surface area contributed by atoms with Gasteiger partial charge in [0.25, 0.3) is 0 Å². The molecular formula is C13H25NO2. The van der Waals surface area contributed by atoms with Gasteiger partial charge < -0.3 is 10.1 Å². The zero-order chi connectivity index (χ0) is 12.0. The van der Waals surface area contributed by atoms with Crippen LogP contribution in [0.15, 0.2) is 0 Å². The van der Waals surface area contributed by atoms with Crippen LogP contribution in [0.25, 0.3) is 0 Å². The van der Waals surface area contributed by atoms with Crippen molar-refractivity contribution in [1.29, 1.82) is 0 Å². The Balaban J connectivity index is 2.16. The lowest BCUT2D eigenvalue weighted by Crippen LogP contribution is -2.40. The lowest BCUT2D eigenvalue weighted by Gasteiger charge is -2.27. The van der Waals surface area contributed by atoms with E-state index in [1.165, 1.54) is 19.3 Å². The molecule has 0 amide bonds. The van der Waals surface area contributed by atoms with Gasteiger partial charge in [-0.1, -0.05) is 33.6 Å². The molecule has 0 aromatic carbocycles. The van der Waals surface area contributed by atoms with E-state index in [1.54, 1.807) is 0 Å². The maximum absolute atomic E-state index is 11.4. The first-order valence-electron chi connectivity index (χ1n) is 6.45. The van der Waals surface area contributed by atoms with Gasteiger partial charge in [-0.2, -0.15) is 0 Å². The maximum atomic E-state index is 11.4. The van der Waals surface area contributed by atoms with E-state index in [1.807, 2.05) is 0 Å². The van der Waals surface area contributed by atoms with E-state index in [-0.39, 0.29) is 5.97 Å². The van der Waals surface area contributed by atoms with Crippen LogP contribution in [0.5, 0.6) is 0 Å². The minimum absolute atomic E-state index is 0.115. The van der Waals surface area contributed by atoms with Crippen LogP contribution in [0.4, 0.5) is 0 Å². The Hall–Kier alpha value is -0.570. The molecule has 0 spiro atoms. The lowest BCUT2D eigenvalue weighted by atomic mass is 9.87. The van der Waals surface area contributed by atoms with E-state index < -0.39 is 0 Å². The van der Waals surface area contributed by atoms with E-state index >= 15 is 0 Å². The van der Waals surface area contributed by atoms with Crippen LogP contribution in [0.1, 0.15) is 52.9 Å². The van der Waals surface area contributed by atoms with Gasteiger partial charge in [-0.15, -0.1) is 0 Å². The lowest BCUT2D eigenvalue weighted by molar-refractivity contribution is -0.142. The van der Waals surface area contributed by atoms with Crippen molar-refractivity contribution in [3.63, 3.8) is 0 Å². The number of rotatable bonds is 6. The van der Waals surface area contributed by atoms with Gasteiger partial charge in [0.05, 0.1) is 13.2 Å². The Morgan fingerprint density at radius 3 is 2.81 bits per heavy atom. The van der Waals surface area contributed by atoms with Crippen LogP contribution >= 0.6 is 0 Å². The zero-order valence-electron chi connectivity index (χ0n) is 10.8. The van der Waals surface area contributed by atoms with Gasteiger partial charge in [0.2, 0.25) is 0 Å². The van der Waals surface area contributed by atoms with Crippen molar-refractivity contribution in [2.45, 2.75) is 58.9 Å². The normalized spacial score (nSPS) is 23.3. The predicted molar refractivity (Wildman–Crippen MR) is 65.3 cm³/mol. The van der Waals surface area contributed by atoms with E-state index in [9.17, 15) is 4.79 Å². The molecule has 1 fully saturated rings. The summed E-state index contributed by atoms with van der Waals surface area (Å²) in [6, 6.07) is 0.464. The topological polar surface area (TPSA) is 38.3 Å². The first kappa shape index (κ1) is 13.5. The molecule has 0 bridgehead atoms. The highest BCUT2D eigenvalue weighted by atomic mass is 16.5. The largest absolute Gasteiger partial charge is 0.465 e. The average molecular weight is 227 g/mol. The summed E-state index contributed by atoms with van der Waals surface area (Å²) in [5.74, 6) is -0.115. The van der Waals surface area contributed by atoms with Crippen LogP contribution in [-0.2, 0) is 9.53 Å². The first-order valence-corrected chi connectivity index (χ1v) is 6.45. The number of hydrogen-bond donors (Lipinski definition) is 1. The Kier molecular flexibility index (Phi) is 5.26. The van der Waals surface area contributed by atoms with Crippen molar-refractivity contribution >= 4 is 5.97 Å². The molecule has 0 radical (unpaired) electrons. The van der Waals surface area contributed by atoms with Gasteiger partial charge in [0.1, 0.15) is 0 Å². The highest BCUT2D eigenvalue weighted by molar-refractivity contribution is 5.71. The quantitative estimate of drug-likeness (QED) is 0.559. The number of unbranched alkanes of at least 4 members (excludes halogenated alkanes) is 1. The van der Waals surface area contributed by atoms with Crippen LogP contribution in [0.3, 0.4) is 0 Å². The van der Waals surface area contributed by atoms with Crippen molar-refractivity contribution < 1.29 is 9.53 Å². The summed E-state index contributed by atoms with van der Waals surface area (Å²) in [6.45, 7) is 7.54. The summed E-state index contributed by atoms with van der Waals surface area (Å²) in [5.41, 5.74) is 0.323. The third kappa shape index (κ3) is 4.12. The van der Waals surface area contributed by atoms with Gasteiger partial charge in [-0.3, -0.25) is 4.79 Å². The smallest absolute Gasteiger partial charge is 0.319 e. The number of hydrogen-bond acceptors (Lipinski definition) is 3. The van der Waals surface area contributed by atoms with Crippen molar-refractivity contribution in [2.75, 3.05) is 13.2 Å². The summed E-state index contributed by atoms with van der Waals surface area (Å²) in [6.07, 6.45) is 5.71. The molecule has 1 unspecified atom stereocenters. The average Bonchev–Trinajstić information content (AvgIpc) is 2.55. The molecule has 0 saturated heterocycles. The van der Waals surface area contributed by atoms with Crippen LogP contribution in [-0.4, -0.2) is 25.2 Å². The molecule has 1 saturated carbocycles. The van der Waals surface area contributed by atoms with E-state index in [0.717, 1.165) is 12.8 Å². The summed E-state index contributed by atoms with van der Waals surface area (Å²) in [5, 5.41) is 3.32. The van der Waals surface area contributed by atoms with Crippen molar-refractivity contribution in [3.05, 3.63) is 0 Å². The minimum Gasteiger partial charge on any atom is -0.465 e. The number of carbonyl (C=O) groups excluding carboxylic acids is 1. The molecule has 0 aromatic rings. The van der Waals surface area contributed by atoms with Crippen molar-refractivity contribution in [3.8, 4) is 0 Å². The second-order valence-electron chi connectivity index (χ2n) is 5.39. The maximum Gasteiger partial charge on any atom is 0.319 e. The summed E-state index contributed by atoms with van der Waals surface area (Å²) in [7, 11) is 0. The fourth-order valence-corrected chi connectivity index (χ4v) is 2.29. The fourth-order valence-electron chi connectivity index (χ4n) is 2.29. The Bertz CT molecular complexity index is 226. The standard InChI is InChI=1S/C13H25NO2/c1-4-5-9-16-12(15)10-14-11-7-6-8-13(11,2)3/h11,14H,4-10H2,1-3H3. The van der Waals surface area contributed by atoms with E-state index in [0.29, 0.717) is 24.6 Å². The molecule has 3 heteroatoms. The van der Waals surface area contributed by atoms with E-state index in [2.05, 4.69) is 26.1 Å². The van der Waals surface area contributed by atoms with Crippen LogP contribution in [0.2, 0.25) is 0 Å². The number of ether oxygens (including phenoxy) is 1. The molecule has 0 heterocycles. The molecule has 1 aliphatic rings. The first-order chi connectivity index (χ1) is 7.56. The van der Waals surface area contributed by atoms with Gasteiger partial charge in [0.15, 0.2) is 0 Å². The second kappa shape index (κ2) is 6.24. The molecule has 1 aliphatic carbocycles. The summed E-state index contributed by atoms with van der Waals surface area (Å²) in [4.78, 5) is 11.4. The molecule has 1 N–H and O–H groups in total. The SMILES string of the molecule is CCCCOC(=O)CNC1CCCC1(C)C.